The third-order valence-corrected chi connectivity index (χ3v) is 7.18. The van der Waals surface area contributed by atoms with E-state index >= 15 is 0 Å². The SMILES string of the molecule is CCN(CC)C(=O)N1CCC(C(=O)Nc2ccc3nc(N4CCOCC4)sc3c2)CC1. The summed E-state index contributed by atoms with van der Waals surface area (Å²) in [5, 5.41) is 4.08. The van der Waals surface area contributed by atoms with Crippen molar-refractivity contribution in [1.29, 1.82) is 0 Å². The molecule has 2 fully saturated rings. The standard InChI is InChI=1S/C22H31N5O3S/c1-3-25(4-2)22(29)27-9-7-16(8-10-27)20(28)23-17-5-6-18-19(15-17)31-21(24-18)26-11-13-30-14-12-26/h5-6,15-16H,3-4,7-14H2,1-2H3,(H,23,28). The lowest BCUT2D eigenvalue weighted by Gasteiger charge is -2.34. The number of benzene rings is 1. The molecule has 0 atom stereocenters. The highest BCUT2D eigenvalue weighted by Crippen LogP contribution is 2.31. The summed E-state index contributed by atoms with van der Waals surface area (Å²) in [6.07, 6.45) is 1.39. The normalized spacial score (nSPS) is 17.7. The van der Waals surface area contributed by atoms with Gasteiger partial charge in [-0.15, -0.1) is 0 Å². The number of morpholine rings is 1. The number of thiazole rings is 1. The van der Waals surface area contributed by atoms with Crippen molar-refractivity contribution in [3.05, 3.63) is 18.2 Å². The van der Waals surface area contributed by atoms with Crippen molar-refractivity contribution in [3.63, 3.8) is 0 Å². The second-order valence-electron chi connectivity index (χ2n) is 7.98. The maximum atomic E-state index is 12.8. The van der Waals surface area contributed by atoms with E-state index in [0.29, 0.717) is 39.0 Å². The molecular formula is C22H31N5O3S. The molecule has 0 unspecified atom stereocenters. The van der Waals surface area contributed by atoms with E-state index in [1.165, 1.54) is 0 Å². The number of nitrogens with one attached hydrogen (secondary N) is 1. The molecule has 0 bridgehead atoms. The highest BCUT2D eigenvalue weighted by molar-refractivity contribution is 7.22. The molecule has 1 aromatic heterocycles. The molecule has 3 heterocycles. The summed E-state index contributed by atoms with van der Waals surface area (Å²) < 4.78 is 6.49. The van der Waals surface area contributed by atoms with Gasteiger partial charge in [0.05, 0.1) is 23.4 Å². The molecule has 31 heavy (non-hydrogen) atoms. The lowest BCUT2D eigenvalue weighted by atomic mass is 9.96. The van der Waals surface area contributed by atoms with Crippen molar-refractivity contribution < 1.29 is 14.3 Å². The molecule has 4 rings (SSSR count). The van der Waals surface area contributed by atoms with Gasteiger partial charge in [0.2, 0.25) is 5.91 Å². The Balaban J connectivity index is 1.35. The number of carbonyl (C=O) groups is 2. The van der Waals surface area contributed by atoms with Crippen molar-refractivity contribution in [2.75, 3.05) is 62.7 Å². The predicted molar refractivity (Wildman–Crippen MR) is 124 cm³/mol. The summed E-state index contributed by atoms with van der Waals surface area (Å²) in [6, 6.07) is 5.97. The number of carbonyl (C=O) groups excluding carboxylic acids is 2. The molecule has 2 aromatic rings. The van der Waals surface area contributed by atoms with Crippen LogP contribution in [0.3, 0.4) is 0 Å². The van der Waals surface area contributed by atoms with Crippen LogP contribution >= 0.6 is 11.3 Å². The van der Waals surface area contributed by atoms with Gasteiger partial charge in [0.15, 0.2) is 5.13 Å². The lowest BCUT2D eigenvalue weighted by Crippen LogP contribution is -2.47. The third-order valence-electron chi connectivity index (χ3n) is 6.10. The van der Waals surface area contributed by atoms with Gasteiger partial charge in [-0.05, 0) is 44.9 Å². The van der Waals surface area contributed by atoms with E-state index in [-0.39, 0.29) is 17.9 Å². The molecule has 1 N–H and O–H groups in total. The van der Waals surface area contributed by atoms with E-state index in [2.05, 4.69) is 10.2 Å². The molecular weight excluding hydrogens is 414 g/mol. The van der Waals surface area contributed by atoms with Gasteiger partial charge in [-0.3, -0.25) is 4.79 Å². The number of aromatic nitrogens is 1. The number of hydrogen-bond donors (Lipinski definition) is 1. The minimum Gasteiger partial charge on any atom is -0.378 e. The number of likely N-dealkylation sites (tertiary alicyclic amines) is 1. The zero-order chi connectivity index (χ0) is 21.8. The number of amides is 3. The Morgan fingerprint density at radius 1 is 1.16 bits per heavy atom. The third kappa shape index (κ3) is 4.93. The van der Waals surface area contributed by atoms with E-state index in [1.54, 1.807) is 11.3 Å². The van der Waals surface area contributed by atoms with Gasteiger partial charge < -0.3 is 24.8 Å². The van der Waals surface area contributed by atoms with Crippen molar-refractivity contribution in [2.24, 2.45) is 5.92 Å². The number of anilines is 2. The molecule has 0 aliphatic carbocycles. The average molecular weight is 446 g/mol. The second kappa shape index (κ2) is 9.82. The molecule has 0 spiro atoms. The van der Waals surface area contributed by atoms with Gasteiger partial charge in [-0.1, -0.05) is 11.3 Å². The van der Waals surface area contributed by atoms with Gasteiger partial charge in [0.1, 0.15) is 0 Å². The average Bonchev–Trinajstić information content (AvgIpc) is 3.24. The molecule has 8 nitrogen and oxygen atoms in total. The van der Waals surface area contributed by atoms with Crippen LogP contribution in [0.1, 0.15) is 26.7 Å². The minimum atomic E-state index is -0.0678. The quantitative estimate of drug-likeness (QED) is 0.764. The van der Waals surface area contributed by atoms with Crippen LogP contribution in [-0.4, -0.2) is 79.2 Å². The summed E-state index contributed by atoms with van der Waals surface area (Å²) in [4.78, 5) is 36.0. The molecule has 2 aliphatic rings. The van der Waals surface area contributed by atoms with E-state index < -0.39 is 0 Å². The largest absolute Gasteiger partial charge is 0.378 e. The summed E-state index contributed by atoms with van der Waals surface area (Å²) in [5.41, 5.74) is 1.75. The van der Waals surface area contributed by atoms with E-state index in [1.807, 2.05) is 41.8 Å². The molecule has 3 amide bonds. The Morgan fingerprint density at radius 2 is 1.87 bits per heavy atom. The van der Waals surface area contributed by atoms with Gasteiger partial charge in [-0.25, -0.2) is 9.78 Å². The predicted octanol–water partition coefficient (Wildman–Crippen LogP) is 3.25. The second-order valence-corrected chi connectivity index (χ2v) is 8.99. The monoisotopic (exact) mass is 445 g/mol. The molecule has 9 heteroatoms. The van der Waals surface area contributed by atoms with Gasteiger partial charge in [0, 0.05) is 50.9 Å². The van der Waals surface area contributed by atoms with Gasteiger partial charge >= 0.3 is 6.03 Å². The number of hydrogen-bond acceptors (Lipinski definition) is 6. The van der Waals surface area contributed by atoms with Crippen LogP contribution in [0.5, 0.6) is 0 Å². The van der Waals surface area contributed by atoms with Crippen LogP contribution in [0, 0.1) is 5.92 Å². The van der Waals surface area contributed by atoms with E-state index in [9.17, 15) is 9.59 Å². The molecule has 2 saturated heterocycles. The van der Waals surface area contributed by atoms with E-state index in [0.717, 1.165) is 47.3 Å². The summed E-state index contributed by atoms with van der Waals surface area (Å²) in [5.74, 6) is -0.0333. The molecule has 0 saturated carbocycles. The van der Waals surface area contributed by atoms with Crippen LogP contribution in [0.4, 0.5) is 15.6 Å². The first-order valence-corrected chi connectivity index (χ1v) is 12.0. The molecule has 1 aromatic carbocycles. The highest BCUT2D eigenvalue weighted by atomic mass is 32.1. The number of nitrogens with zero attached hydrogens (tertiary/aromatic N) is 4. The van der Waals surface area contributed by atoms with Crippen LogP contribution in [0.15, 0.2) is 18.2 Å². The fourth-order valence-corrected chi connectivity index (χ4v) is 5.21. The summed E-state index contributed by atoms with van der Waals surface area (Å²) in [7, 11) is 0. The first kappa shape index (κ1) is 21.8. The fourth-order valence-electron chi connectivity index (χ4n) is 4.15. The van der Waals surface area contributed by atoms with Crippen molar-refractivity contribution in [2.45, 2.75) is 26.7 Å². The highest BCUT2D eigenvalue weighted by Gasteiger charge is 2.29. The number of piperidine rings is 1. The van der Waals surface area contributed by atoms with Crippen LogP contribution in [-0.2, 0) is 9.53 Å². The Labute approximate surface area is 187 Å². The minimum absolute atomic E-state index is 0.0345. The fraction of sp³-hybridized carbons (Fsp3) is 0.591. The molecule has 168 valence electrons. The topological polar surface area (TPSA) is 78.0 Å². The smallest absolute Gasteiger partial charge is 0.319 e. The number of fused-ring (bicyclic) bond motifs is 1. The van der Waals surface area contributed by atoms with Crippen LogP contribution in [0.25, 0.3) is 10.2 Å². The zero-order valence-corrected chi connectivity index (χ0v) is 19.1. The van der Waals surface area contributed by atoms with Crippen molar-refractivity contribution >= 4 is 44.3 Å². The number of rotatable bonds is 5. The number of urea groups is 1. The Bertz CT molecular complexity index is 915. The van der Waals surface area contributed by atoms with Crippen LogP contribution in [0.2, 0.25) is 0 Å². The number of ether oxygens (including phenoxy) is 1. The first-order chi connectivity index (χ1) is 15.1. The Hall–Kier alpha value is -2.39. The van der Waals surface area contributed by atoms with Crippen LogP contribution < -0.4 is 10.2 Å². The maximum absolute atomic E-state index is 12.8. The maximum Gasteiger partial charge on any atom is 0.319 e. The zero-order valence-electron chi connectivity index (χ0n) is 18.3. The van der Waals surface area contributed by atoms with Gasteiger partial charge in [0.25, 0.3) is 0 Å². The summed E-state index contributed by atoms with van der Waals surface area (Å²) in [6.45, 7) is 9.85. The van der Waals surface area contributed by atoms with E-state index in [4.69, 9.17) is 9.72 Å². The Kier molecular flexibility index (Phi) is 6.92. The molecule has 0 radical (unpaired) electrons. The summed E-state index contributed by atoms with van der Waals surface area (Å²) >= 11 is 1.65. The van der Waals surface area contributed by atoms with Crippen molar-refractivity contribution in [3.8, 4) is 0 Å². The Morgan fingerprint density at radius 3 is 2.55 bits per heavy atom. The lowest BCUT2D eigenvalue weighted by molar-refractivity contribution is -0.121. The molecule has 2 aliphatic heterocycles. The van der Waals surface area contributed by atoms with Crippen molar-refractivity contribution in [1.82, 2.24) is 14.8 Å². The first-order valence-electron chi connectivity index (χ1n) is 11.2. The van der Waals surface area contributed by atoms with Gasteiger partial charge in [-0.2, -0.15) is 0 Å².